The minimum atomic E-state index is -0.110. The van der Waals surface area contributed by atoms with Gasteiger partial charge in [0.2, 0.25) is 5.56 Å². The van der Waals surface area contributed by atoms with E-state index in [2.05, 4.69) is 10.2 Å². The van der Waals surface area contributed by atoms with Crippen LogP contribution in [0.3, 0.4) is 0 Å². The Hall–Kier alpha value is -2.37. The van der Waals surface area contributed by atoms with Gasteiger partial charge in [0.15, 0.2) is 0 Å². The number of nitrogens with zero attached hydrogens (tertiary/aromatic N) is 3. The van der Waals surface area contributed by atoms with E-state index in [1.165, 1.54) is 10.6 Å². The number of hydrogen-bond donors (Lipinski definition) is 1. The summed E-state index contributed by atoms with van der Waals surface area (Å²) < 4.78 is 1.44. The summed E-state index contributed by atoms with van der Waals surface area (Å²) in [5.41, 5.74) is 2.71. The molecule has 0 aliphatic carbocycles. The Morgan fingerprint density at radius 1 is 1.41 bits per heavy atom. The quantitative estimate of drug-likeness (QED) is 0.912. The van der Waals surface area contributed by atoms with Crippen molar-refractivity contribution in [2.45, 2.75) is 25.7 Å². The fourth-order valence-corrected chi connectivity index (χ4v) is 3.07. The van der Waals surface area contributed by atoms with Crippen LogP contribution in [0.4, 0.5) is 0 Å². The molecular formula is C16H20N4O2. The number of piperidine rings is 1. The summed E-state index contributed by atoms with van der Waals surface area (Å²) in [6.07, 6.45) is 5.46. The molecule has 0 saturated carbocycles. The monoisotopic (exact) mass is 300 g/mol. The number of rotatable bonds is 2. The molecule has 0 spiro atoms. The van der Waals surface area contributed by atoms with E-state index in [-0.39, 0.29) is 11.5 Å². The highest BCUT2D eigenvalue weighted by Gasteiger charge is 2.27. The van der Waals surface area contributed by atoms with Crippen molar-refractivity contribution in [1.82, 2.24) is 19.7 Å². The highest BCUT2D eigenvalue weighted by atomic mass is 16.2. The molecule has 2 aromatic rings. The first-order valence-electron chi connectivity index (χ1n) is 7.52. The zero-order chi connectivity index (χ0) is 15.7. The fraction of sp³-hybridized carbons (Fsp3) is 0.438. The number of aryl methyl sites for hydroxylation is 2. The molecule has 0 aromatic carbocycles. The average Bonchev–Trinajstić information content (AvgIpc) is 2.95. The van der Waals surface area contributed by atoms with E-state index in [0.29, 0.717) is 18.0 Å². The summed E-state index contributed by atoms with van der Waals surface area (Å²) in [6.45, 7) is 3.47. The van der Waals surface area contributed by atoms with Gasteiger partial charge in [-0.2, -0.15) is 5.10 Å². The van der Waals surface area contributed by atoms with Gasteiger partial charge in [0.05, 0.1) is 11.8 Å². The lowest BCUT2D eigenvalue weighted by atomic mass is 9.92. The van der Waals surface area contributed by atoms with Gasteiger partial charge in [-0.25, -0.2) is 0 Å². The predicted molar refractivity (Wildman–Crippen MR) is 82.9 cm³/mol. The van der Waals surface area contributed by atoms with Crippen molar-refractivity contribution in [3.05, 3.63) is 51.7 Å². The summed E-state index contributed by atoms with van der Waals surface area (Å²) >= 11 is 0. The van der Waals surface area contributed by atoms with Crippen molar-refractivity contribution in [2.24, 2.45) is 7.05 Å². The van der Waals surface area contributed by atoms with Crippen LogP contribution in [0.25, 0.3) is 0 Å². The van der Waals surface area contributed by atoms with Crippen LogP contribution in [-0.2, 0) is 7.05 Å². The molecule has 1 aliphatic rings. The van der Waals surface area contributed by atoms with Crippen LogP contribution in [0.5, 0.6) is 0 Å². The van der Waals surface area contributed by atoms with Crippen LogP contribution in [0.15, 0.2) is 29.3 Å². The Labute approximate surface area is 128 Å². The van der Waals surface area contributed by atoms with E-state index in [9.17, 15) is 9.59 Å². The van der Waals surface area contributed by atoms with Gasteiger partial charge in [0, 0.05) is 44.0 Å². The molecule has 6 nitrogen and oxygen atoms in total. The van der Waals surface area contributed by atoms with Gasteiger partial charge in [-0.3, -0.25) is 14.7 Å². The summed E-state index contributed by atoms with van der Waals surface area (Å²) in [5.74, 6) is 0.283. The molecule has 0 bridgehead atoms. The number of carbonyl (C=O) groups excluding carboxylic acids is 1. The van der Waals surface area contributed by atoms with Crippen LogP contribution in [-0.4, -0.2) is 38.7 Å². The maximum absolute atomic E-state index is 12.6. The van der Waals surface area contributed by atoms with Gasteiger partial charge >= 0.3 is 0 Å². The number of pyridine rings is 1. The van der Waals surface area contributed by atoms with Crippen LogP contribution in [0, 0.1) is 6.92 Å². The van der Waals surface area contributed by atoms with Gasteiger partial charge in [-0.1, -0.05) is 0 Å². The van der Waals surface area contributed by atoms with E-state index >= 15 is 0 Å². The van der Waals surface area contributed by atoms with E-state index in [1.807, 2.05) is 18.0 Å². The lowest BCUT2D eigenvalue weighted by Gasteiger charge is -2.32. The molecule has 0 radical (unpaired) electrons. The molecule has 22 heavy (non-hydrogen) atoms. The topological polar surface area (TPSA) is 71.0 Å². The van der Waals surface area contributed by atoms with Gasteiger partial charge in [-0.15, -0.1) is 0 Å². The number of aromatic amines is 1. The second kappa shape index (κ2) is 5.79. The van der Waals surface area contributed by atoms with Crippen molar-refractivity contribution >= 4 is 5.91 Å². The Kier molecular flexibility index (Phi) is 3.83. The Bertz CT molecular complexity index is 747. The first-order chi connectivity index (χ1) is 10.6. The molecule has 1 saturated heterocycles. The molecule has 1 atom stereocenters. The minimum absolute atomic E-state index is 0.0162. The molecule has 1 fully saturated rings. The number of nitrogens with one attached hydrogen (secondary N) is 1. The first-order valence-corrected chi connectivity index (χ1v) is 7.52. The minimum Gasteiger partial charge on any atom is -0.338 e. The third kappa shape index (κ3) is 2.68. The first kappa shape index (κ1) is 14.6. The molecule has 3 heterocycles. The van der Waals surface area contributed by atoms with E-state index < -0.39 is 0 Å². The number of aromatic nitrogens is 3. The smallest absolute Gasteiger partial charge is 0.255 e. The lowest BCUT2D eigenvalue weighted by Crippen LogP contribution is -2.39. The standard InChI is InChI=1S/C16H20N4O2/c1-11-8-17-18-15(11)12-4-3-7-20(10-12)16(22)13-5-6-14(21)19(2)9-13/h5-6,8-9,12H,3-4,7,10H2,1-2H3,(H,17,18)/t12-/m1/s1. The molecule has 1 amide bonds. The van der Waals surface area contributed by atoms with Crippen molar-refractivity contribution in [1.29, 1.82) is 0 Å². The largest absolute Gasteiger partial charge is 0.338 e. The molecular weight excluding hydrogens is 280 g/mol. The lowest BCUT2D eigenvalue weighted by molar-refractivity contribution is 0.0704. The van der Waals surface area contributed by atoms with Gasteiger partial charge < -0.3 is 9.47 Å². The van der Waals surface area contributed by atoms with Crippen molar-refractivity contribution in [3.8, 4) is 0 Å². The molecule has 3 rings (SSSR count). The Morgan fingerprint density at radius 3 is 2.91 bits per heavy atom. The van der Waals surface area contributed by atoms with Gasteiger partial charge in [0.25, 0.3) is 5.91 Å². The maximum atomic E-state index is 12.6. The number of hydrogen-bond acceptors (Lipinski definition) is 3. The highest BCUT2D eigenvalue weighted by Crippen LogP contribution is 2.28. The molecule has 0 unspecified atom stereocenters. The molecule has 2 aromatic heterocycles. The zero-order valence-corrected chi connectivity index (χ0v) is 12.9. The number of H-pyrrole nitrogens is 1. The number of carbonyl (C=O) groups is 1. The average molecular weight is 300 g/mol. The van der Waals surface area contributed by atoms with Gasteiger partial charge in [0.1, 0.15) is 0 Å². The summed E-state index contributed by atoms with van der Waals surface area (Å²) in [7, 11) is 1.66. The third-order valence-corrected chi connectivity index (χ3v) is 4.32. The third-order valence-electron chi connectivity index (χ3n) is 4.32. The van der Waals surface area contributed by atoms with Crippen molar-refractivity contribution in [3.63, 3.8) is 0 Å². The van der Waals surface area contributed by atoms with E-state index in [0.717, 1.165) is 30.6 Å². The van der Waals surface area contributed by atoms with Crippen molar-refractivity contribution in [2.75, 3.05) is 13.1 Å². The predicted octanol–water partition coefficient (Wildman–Crippen LogP) is 1.44. The second-order valence-corrected chi connectivity index (χ2v) is 5.92. The van der Waals surface area contributed by atoms with Crippen LogP contribution < -0.4 is 5.56 Å². The van der Waals surface area contributed by atoms with E-state index in [4.69, 9.17) is 0 Å². The Morgan fingerprint density at radius 2 is 2.23 bits per heavy atom. The highest BCUT2D eigenvalue weighted by molar-refractivity contribution is 5.94. The van der Waals surface area contributed by atoms with Crippen molar-refractivity contribution < 1.29 is 4.79 Å². The maximum Gasteiger partial charge on any atom is 0.255 e. The second-order valence-electron chi connectivity index (χ2n) is 5.92. The summed E-state index contributed by atoms with van der Waals surface area (Å²) in [5, 5.41) is 7.14. The number of likely N-dealkylation sites (tertiary alicyclic amines) is 1. The molecule has 116 valence electrons. The van der Waals surface area contributed by atoms with Gasteiger partial charge in [-0.05, 0) is 31.4 Å². The Balaban J connectivity index is 1.79. The van der Waals surface area contributed by atoms with Crippen LogP contribution >= 0.6 is 0 Å². The summed E-state index contributed by atoms with van der Waals surface area (Å²) in [6, 6.07) is 3.05. The molecule has 6 heteroatoms. The SMILES string of the molecule is Cc1cn[nH]c1[C@@H]1CCCN(C(=O)c2ccc(=O)n(C)c2)C1. The van der Waals surface area contributed by atoms with Crippen LogP contribution in [0.2, 0.25) is 0 Å². The zero-order valence-electron chi connectivity index (χ0n) is 12.9. The van der Waals surface area contributed by atoms with E-state index in [1.54, 1.807) is 19.3 Å². The molecule has 1 N–H and O–H groups in total. The normalized spacial score (nSPS) is 18.5. The number of amides is 1. The fourth-order valence-electron chi connectivity index (χ4n) is 3.07. The van der Waals surface area contributed by atoms with Crippen LogP contribution in [0.1, 0.15) is 40.4 Å². The molecule has 1 aliphatic heterocycles. The summed E-state index contributed by atoms with van der Waals surface area (Å²) in [4.78, 5) is 26.0.